The van der Waals surface area contributed by atoms with Gasteiger partial charge in [-0.05, 0) is 49.4 Å². The summed E-state index contributed by atoms with van der Waals surface area (Å²) in [6.45, 7) is 5.75. The number of benzene rings is 1. The molecule has 1 saturated heterocycles. The molecule has 0 unspecified atom stereocenters. The summed E-state index contributed by atoms with van der Waals surface area (Å²) >= 11 is 1.74. The lowest BCUT2D eigenvalue weighted by atomic mass is 10.1. The average molecular weight is 517 g/mol. The SMILES string of the molecule is CN=C(NCCc1csc(N2CCCC2)n1)NCCc1ccc(F)cc1C.I. The first kappa shape index (κ1) is 22.9. The van der Waals surface area contributed by atoms with Crippen molar-refractivity contribution in [3.63, 3.8) is 0 Å². The normalized spacial score (nSPS) is 14.1. The van der Waals surface area contributed by atoms with Crippen LogP contribution in [0, 0.1) is 12.7 Å². The predicted octanol–water partition coefficient (Wildman–Crippen LogP) is 3.76. The minimum absolute atomic E-state index is 0. The summed E-state index contributed by atoms with van der Waals surface area (Å²) in [6.07, 6.45) is 4.26. The number of anilines is 1. The van der Waals surface area contributed by atoms with Gasteiger partial charge in [-0.3, -0.25) is 4.99 Å². The van der Waals surface area contributed by atoms with Crippen LogP contribution in [-0.2, 0) is 12.8 Å². The second-order valence-electron chi connectivity index (χ2n) is 6.81. The van der Waals surface area contributed by atoms with Crippen LogP contribution in [-0.4, -0.2) is 44.2 Å². The molecule has 28 heavy (non-hydrogen) atoms. The Kier molecular flexibility index (Phi) is 9.43. The Balaban J connectivity index is 0.00000280. The molecule has 1 aliphatic rings. The van der Waals surface area contributed by atoms with E-state index in [4.69, 9.17) is 4.98 Å². The number of nitrogens with one attached hydrogen (secondary N) is 2. The third-order valence-corrected chi connectivity index (χ3v) is 5.76. The van der Waals surface area contributed by atoms with Gasteiger partial charge in [0.15, 0.2) is 11.1 Å². The fourth-order valence-electron chi connectivity index (χ4n) is 3.25. The van der Waals surface area contributed by atoms with Crippen LogP contribution >= 0.6 is 35.3 Å². The predicted molar refractivity (Wildman–Crippen MR) is 127 cm³/mol. The molecule has 2 heterocycles. The molecule has 154 valence electrons. The second kappa shape index (κ2) is 11.5. The van der Waals surface area contributed by atoms with Crippen LogP contribution in [0.15, 0.2) is 28.6 Å². The van der Waals surface area contributed by atoms with Gasteiger partial charge in [-0.1, -0.05) is 6.07 Å². The van der Waals surface area contributed by atoms with E-state index in [2.05, 4.69) is 25.9 Å². The summed E-state index contributed by atoms with van der Waals surface area (Å²) in [5.41, 5.74) is 3.26. The average Bonchev–Trinajstić information content (AvgIpc) is 3.33. The Morgan fingerprint density at radius 3 is 2.61 bits per heavy atom. The molecule has 0 aliphatic carbocycles. The van der Waals surface area contributed by atoms with Gasteiger partial charge < -0.3 is 15.5 Å². The van der Waals surface area contributed by atoms with E-state index >= 15 is 0 Å². The van der Waals surface area contributed by atoms with E-state index in [9.17, 15) is 4.39 Å². The number of aromatic nitrogens is 1. The Hall–Kier alpha value is -1.42. The molecule has 0 bridgehead atoms. The van der Waals surface area contributed by atoms with Crippen molar-refractivity contribution in [3.05, 3.63) is 46.2 Å². The van der Waals surface area contributed by atoms with Crippen molar-refractivity contribution in [2.75, 3.05) is 38.1 Å². The minimum atomic E-state index is -0.184. The molecule has 8 heteroatoms. The molecule has 0 saturated carbocycles. The number of guanidine groups is 1. The maximum absolute atomic E-state index is 13.2. The summed E-state index contributed by atoms with van der Waals surface area (Å²) in [6, 6.07) is 4.94. The van der Waals surface area contributed by atoms with Crippen molar-refractivity contribution >= 4 is 46.4 Å². The highest BCUT2D eigenvalue weighted by atomic mass is 127. The number of hydrogen-bond donors (Lipinski definition) is 2. The van der Waals surface area contributed by atoms with E-state index in [-0.39, 0.29) is 29.8 Å². The molecule has 0 spiro atoms. The van der Waals surface area contributed by atoms with Crippen molar-refractivity contribution < 1.29 is 4.39 Å². The molecule has 0 amide bonds. The summed E-state index contributed by atoms with van der Waals surface area (Å²) in [4.78, 5) is 11.4. The highest BCUT2D eigenvalue weighted by molar-refractivity contribution is 14.0. The van der Waals surface area contributed by atoms with Crippen molar-refractivity contribution in [2.24, 2.45) is 4.99 Å². The van der Waals surface area contributed by atoms with Crippen molar-refractivity contribution in [1.29, 1.82) is 0 Å². The lowest BCUT2D eigenvalue weighted by Gasteiger charge is -2.13. The number of aliphatic imine (C=N–C) groups is 1. The van der Waals surface area contributed by atoms with Crippen LogP contribution < -0.4 is 15.5 Å². The Labute approximate surface area is 187 Å². The van der Waals surface area contributed by atoms with Crippen LogP contribution in [0.5, 0.6) is 0 Å². The van der Waals surface area contributed by atoms with Crippen molar-refractivity contribution in [2.45, 2.75) is 32.6 Å². The van der Waals surface area contributed by atoms with E-state index in [1.165, 1.54) is 18.9 Å². The number of nitrogens with zero attached hydrogens (tertiary/aromatic N) is 3. The zero-order valence-electron chi connectivity index (χ0n) is 16.5. The highest BCUT2D eigenvalue weighted by Gasteiger charge is 2.15. The first-order chi connectivity index (χ1) is 13.2. The number of hydrogen-bond acceptors (Lipinski definition) is 4. The van der Waals surface area contributed by atoms with E-state index in [1.54, 1.807) is 24.5 Å². The van der Waals surface area contributed by atoms with Crippen LogP contribution in [0.3, 0.4) is 0 Å². The molecule has 2 aromatic rings. The van der Waals surface area contributed by atoms with Gasteiger partial charge in [0.25, 0.3) is 0 Å². The third-order valence-electron chi connectivity index (χ3n) is 4.80. The first-order valence-corrected chi connectivity index (χ1v) is 10.4. The van der Waals surface area contributed by atoms with Gasteiger partial charge in [0, 0.05) is 45.0 Å². The maximum Gasteiger partial charge on any atom is 0.190 e. The molecule has 3 rings (SSSR count). The smallest absolute Gasteiger partial charge is 0.190 e. The van der Waals surface area contributed by atoms with Gasteiger partial charge in [0.2, 0.25) is 0 Å². The Morgan fingerprint density at radius 1 is 1.21 bits per heavy atom. The standard InChI is InChI=1S/C20H28FN5S.HI/c1-15-13-17(21)6-5-16(15)7-9-23-19(22-2)24-10-8-18-14-27-20(25-18)26-11-3-4-12-26;/h5-6,13-14H,3-4,7-12H2,1-2H3,(H2,22,23,24);1H. The summed E-state index contributed by atoms with van der Waals surface area (Å²) in [5.74, 6) is 0.598. The zero-order chi connectivity index (χ0) is 19.1. The zero-order valence-corrected chi connectivity index (χ0v) is 19.6. The number of aryl methyl sites for hydroxylation is 1. The third kappa shape index (κ3) is 6.58. The minimum Gasteiger partial charge on any atom is -0.356 e. The van der Waals surface area contributed by atoms with Gasteiger partial charge in [-0.15, -0.1) is 35.3 Å². The van der Waals surface area contributed by atoms with Crippen LogP contribution in [0.2, 0.25) is 0 Å². The topological polar surface area (TPSA) is 52.6 Å². The van der Waals surface area contributed by atoms with Crippen molar-refractivity contribution in [3.8, 4) is 0 Å². The summed E-state index contributed by atoms with van der Waals surface area (Å²) < 4.78 is 13.2. The molecule has 5 nitrogen and oxygen atoms in total. The molecule has 1 aliphatic heterocycles. The van der Waals surface area contributed by atoms with Crippen LogP contribution in [0.1, 0.15) is 29.7 Å². The number of halogens is 2. The first-order valence-electron chi connectivity index (χ1n) is 9.54. The summed E-state index contributed by atoms with van der Waals surface area (Å²) in [7, 11) is 1.77. The van der Waals surface area contributed by atoms with Gasteiger partial charge >= 0.3 is 0 Å². The van der Waals surface area contributed by atoms with E-state index < -0.39 is 0 Å². The largest absolute Gasteiger partial charge is 0.356 e. The number of rotatable bonds is 7. The lowest BCUT2D eigenvalue weighted by molar-refractivity contribution is 0.625. The Bertz CT molecular complexity index is 774. The maximum atomic E-state index is 13.2. The number of thiazole rings is 1. The van der Waals surface area contributed by atoms with Crippen molar-refractivity contribution in [1.82, 2.24) is 15.6 Å². The quantitative estimate of drug-likeness (QED) is 0.334. The van der Waals surface area contributed by atoms with Crippen LogP contribution in [0.4, 0.5) is 9.52 Å². The van der Waals surface area contributed by atoms with E-state index in [0.29, 0.717) is 0 Å². The summed E-state index contributed by atoms with van der Waals surface area (Å²) in [5, 5.41) is 9.96. The van der Waals surface area contributed by atoms with Crippen LogP contribution in [0.25, 0.3) is 0 Å². The van der Waals surface area contributed by atoms with Gasteiger partial charge in [-0.2, -0.15) is 0 Å². The molecule has 1 fully saturated rings. The molecule has 1 aromatic heterocycles. The van der Waals surface area contributed by atoms with E-state index in [1.807, 2.05) is 13.0 Å². The monoisotopic (exact) mass is 517 g/mol. The molecule has 0 atom stereocenters. The fraction of sp³-hybridized carbons (Fsp3) is 0.500. The molecular weight excluding hydrogens is 488 g/mol. The van der Waals surface area contributed by atoms with E-state index in [0.717, 1.165) is 66.9 Å². The molecular formula is C20H29FIN5S. The van der Waals surface area contributed by atoms with Gasteiger partial charge in [0.1, 0.15) is 5.82 Å². The van der Waals surface area contributed by atoms with Gasteiger partial charge in [-0.25, -0.2) is 9.37 Å². The molecule has 0 radical (unpaired) electrons. The fourth-order valence-corrected chi connectivity index (χ4v) is 4.16. The molecule has 2 N–H and O–H groups in total. The Morgan fingerprint density at radius 2 is 1.93 bits per heavy atom. The molecule has 1 aromatic carbocycles. The highest BCUT2D eigenvalue weighted by Crippen LogP contribution is 2.24. The van der Waals surface area contributed by atoms with Gasteiger partial charge in [0.05, 0.1) is 5.69 Å². The second-order valence-corrected chi connectivity index (χ2v) is 7.65. The lowest BCUT2D eigenvalue weighted by Crippen LogP contribution is -2.39.